The largest absolute Gasteiger partial charge is 0.467 e. The smallest absolute Gasteiger partial charge is 0.317 e. The van der Waals surface area contributed by atoms with Crippen molar-refractivity contribution in [2.75, 3.05) is 14.2 Å². The molecule has 15 heavy (non-hydrogen) atoms. The third-order valence-corrected chi connectivity index (χ3v) is 2.93. The molecule has 0 aliphatic carbocycles. The Balaban J connectivity index is 2.51. The molecule has 2 heterocycles. The van der Waals surface area contributed by atoms with Gasteiger partial charge in [-0.1, -0.05) is 0 Å². The van der Waals surface area contributed by atoms with Crippen LogP contribution >= 0.6 is 11.3 Å². The molecule has 1 N–H and O–H groups in total. The molecule has 0 aliphatic rings. The Morgan fingerprint density at radius 1 is 1.60 bits per heavy atom. The van der Waals surface area contributed by atoms with E-state index in [1.807, 2.05) is 0 Å². The maximum absolute atomic E-state index is 11.4. The molecular weight excluding hydrogens is 214 g/mol. The molecule has 0 saturated carbocycles. The average Bonchev–Trinajstić information content (AvgIpc) is 2.70. The van der Waals surface area contributed by atoms with Gasteiger partial charge in [0, 0.05) is 18.6 Å². The SMILES string of the molecule is CNC(=O)c1cc2cnc(OC)nc2s1. The molecule has 0 bridgehead atoms. The minimum absolute atomic E-state index is 0.114. The van der Waals surface area contributed by atoms with E-state index in [4.69, 9.17) is 4.74 Å². The number of aromatic nitrogens is 2. The number of methoxy groups -OCH3 is 1. The van der Waals surface area contributed by atoms with Crippen LogP contribution in [0.25, 0.3) is 10.2 Å². The molecule has 6 heteroatoms. The number of hydrogen-bond donors (Lipinski definition) is 1. The molecule has 0 fully saturated rings. The van der Waals surface area contributed by atoms with Crippen LogP contribution in [-0.4, -0.2) is 30.0 Å². The molecule has 1 amide bonds. The third kappa shape index (κ3) is 1.75. The summed E-state index contributed by atoms with van der Waals surface area (Å²) in [5.74, 6) is -0.114. The Labute approximate surface area is 90.1 Å². The van der Waals surface area contributed by atoms with Gasteiger partial charge in [-0.2, -0.15) is 4.98 Å². The molecule has 0 saturated heterocycles. The molecular formula is C9H9N3O2S. The topological polar surface area (TPSA) is 64.1 Å². The Bertz CT molecular complexity index is 509. The van der Waals surface area contributed by atoms with E-state index in [1.54, 1.807) is 19.3 Å². The molecule has 0 unspecified atom stereocenters. The van der Waals surface area contributed by atoms with Crippen LogP contribution in [0.5, 0.6) is 6.01 Å². The minimum Gasteiger partial charge on any atom is -0.467 e. The van der Waals surface area contributed by atoms with Gasteiger partial charge in [0.15, 0.2) is 0 Å². The van der Waals surface area contributed by atoms with Crippen molar-refractivity contribution < 1.29 is 9.53 Å². The summed E-state index contributed by atoms with van der Waals surface area (Å²) in [6, 6.07) is 2.07. The second-order valence-electron chi connectivity index (χ2n) is 2.81. The first-order valence-electron chi connectivity index (χ1n) is 4.27. The Kier molecular flexibility index (Phi) is 2.51. The van der Waals surface area contributed by atoms with Gasteiger partial charge in [-0.25, -0.2) is 4.98 Å². The molecule has 0 spiro atoms. The summed E-state index contributed by atoms with van der Waals surface area (Å²) in [5.41, 5.74) is 0. The maximum atomic E-state index is 11.4. The van der Waals surface area contributed by atoms with E-state index in [2.05, 4.69) is 15.3 Å². The molecule has 78 valence electrons. The highest BCUT2D eigenvalue weighted by atomic mass is 32.1. The van der Waals surface area contributed by atoms with Gasteiger partial charge in [0.25, 0.3) is 5.91 Å². The second-order valence-corrected chi connectivity index (χ2v) is 3.84. The van der Waals surface area contributed by atoms with Gasteiger partial charge >= 0.3 is 6.01 Å². The number of rotatable bonds is 2. The van der Waals surface area contributed by atoms with Crippen molar-refractivity contribution in [3.8, 4) is 6.01 Å². The van der Waals surface area contributed by atoms with Crippen molar-refractivity contribution in [3.63, 3.8) is 0 Å². The highest BCUT2D eigenvalue weighted by Gasteiger charge is 2.10. The zero-order valence-corrected chi connectivity index (χ0v) is 9.09. The molecule has 0 atom stereocenters. The Morgan fingerprint density at radius 2 is 2.40 bits per heavy atom. The van der Waals surface area contributed by atoms with Crippen LogP contribution in [0, 0.1) is 0 Å². The van der Waals surface area contributed by atoms with Crippen LogP contribution in [0.1, 0.15) is 9.67 Å². The average molecular weight is 223 g/mol. The fraction of sp³-hybridized carbons (Fsp3) is 0.222. The quantitative estimate of drug-likeness (QED) is 0.826. The second kappa shape index (κ2) is 3.82. The third-order valence-electron chi connectivity index (χ3n) is 1.88. The van der Waals surface area contributed by atoms with Crippen molar-refractivity contribution in [1.29, 1.82) is 0 Å². The Hall–Kier alpha value is -1.69. The molecule has 0 aliphatic heterocycles. The van der Waals surface area contributed by atoms with Gasteiger partial charge in [-0.3, -0.25) is 4.79 Å². The molecule has 5 nitrogen and oxygen atoms in total. The molecule has 2 aromatic rings. The zero-order valence-electron chi connectivity index (χ0n) is 8.27. The highest BCUT2D eigenvalue weighted by molar-refractivity contribution is 7.20. The van der Waals surface area contributed by atoms with Crippen LogP contribution < -0.4 is 10.1 Å². The fourth-order valence-corrected chi connectivity index (χ4v) is 2.09. The predicted octanol–water partition coefficient (Wildman–Crippen LogP) is 1.06. The summed E-state index contributed by atoms with van der Waals surface area (Å²) >= 11 is 1.32. The molecule has 0 radical (unpaired) electrons. The van der Waals surface area contributed by atoms with E-state index in [-0.39, 0.29) is 5.91 Å². The lowest BCUT2D eigenvalue weighted by atomic mass is 10.3. The van der Waals surface area contributed by atoms with E-state index in [9.17, 15) is 4.79 Å². The van der Waals surface area contributed by atoms with E-state index in [0.29, 0.717) is 10.9 Å². The lowest BCUT2D eigenvalue weighted by Crippen LogP contribution is -2.15. The van der Waals surface area contributed by atoms with Gasteiger partial charge in [0.05, 0.1) is 12.0 Å². The summed E-state index contributed by atoms with van der Waals surface area (Å²) in [5, 5.41) is 3.41. The summed E-state index contributed by atoms with van der Waals surface area (Å²) in [6.07, 6.45) is 1.64. The first-order chi connectivity index (χ1) is 7.24. The number of nitrogens with zero attached hydrogens (tertiary/aromatic N) is 2. The normalized spacial score (nSPS) is 10.3. The van der Waals surface area contributed by atoms with Gasteiger partial charge in [0.1, 0.15) is 4.83 Å². The molecule has 2 aromatic heterocycles. The summed E-state index contributed by atoms with van der Waals surface area (Å²) in [7, 11) is 3.10. The number of thiophene rings is 1. The zero-order chi connectivity index (χ0) is 10.8. The Morgan fingerprint density at radius 3 is 3.07 bits per heavy atom. The van der Waals surface area contributed by atoms with Crippen molar-refractivity contribution in [3.05, 3.63) is 17.1 Å². The van der Waals surface area contributed by atoms with Crippen LogP contribution in [0.3, 0.4) is 0 Å². The fourth-order valence-electron chi connectivity index (χ4n) is 1.15. The standard InChI is InChI=1S/C9H9N3O2S/c1-10-7(13)6-3-5-4-11-9(14-2)12-8(5)15-6/h3-4H,1-2H3,(H,10,13). The van der Waals surface area contributed by atoms with E-state index in [0.717, 1.165) is 10.2 Å². The lowest BCUT2D eigenvalue weighted by Gasteiger charge is -1.94. The van der Waals surface area contributed by atoms with Gasteiger partial charge in [0.2, 0.25) is 0 Å². The van der Waals surface area contributed by atoms with Crippen molar-refractivity contribution in [2.45, 2.75) is 0 Å². The number of amides is 1. The van der Waals surface area contributed by atoms with Crippen LogP contribution in [0.15, 0.2) is 12.3 Å². The van der Waals surface area contributed by atoms with Crippen LogP contribution in [-0.2, 0) is 0 Å². The van der Waals surface area contributed by atoms with Gasteiger partial charge < -0.3 is 10.1 Å². The van der Waals surface area contributed by atoms with E-state index < -0.39 is 0 Å². The number of carbonyl (C=O) groups is 1. The molecule has 0 aromatic carbocycles. The monoisotopic (exact) mass is 223 g/mol. The van der Waals surface area contributed by atoms with Crippen LogP contribution in [0.4, 0.5) is 0 Å². The first-order valence-corrected chi connectivity index (χ1v) is 5.09. The van der Waals surface area contributed by atoms with Crippen molar-refractivity contribution in [2.24, 2.45) is 0 Å². The molecule has 2 rings (SSSR count). The number of carbonyl (C=O) groups excluding carboxylic acids is 1. The summed E-state index contributed by atoms with van der Waals surface area (Å²) in [6.45, 7) is 0. The number of ether oxygens (including phenoxy) is 1. The predicted molar refractivity (Wildman–Crippen MR) is 57.4 cm³/mol. The van der Waals surface area contributed by atoms with Crippen molar-refractivity contribution in [1.82, 2.24) is 15.3 Å². The number of hydrogen-bond acceptors (Lipinski definition) is 5. The lowest BCUT2D eigenvalue weighted by molar-refractivity contribution is 0.0967. The van der Waals surface area contributed by atoms with E-state index in [1.165, 1.54) is 18.4 Å². The van der Waals surface area contributed by atoms with Crippen molar-refractivity contribution >= 4 is 27.5 Å². The number of fused-ring (bicyclic) bond motifs is 1. The summed E-state index contributed by atoms with van der Waals surface area (Å²) in [4.78, 5) is 20.8. The number of nitrogens with one attached hydrogen (secondary N) is 1. The highest BCUT2D eigenvalue weighted by Crippen LogP contribution is 2.24. The van der Waals surface area contributed by atoms with Gasteiger partial charge in [-0.15, -0.1) is 11.3 Å². The minimum atomic E-state index is -0.114. The van der Waals surface area contributed by atoms with Crippen LogP contribution in [0.2, 0.25) is 0 Å². The first kappa shape index (κ1) is 9.85. The maximum Gasteiger partial charge on any atom is 0.317 e. The summed E-state index contributed by atoms with van der Waals surface area (Å²) < 4.78 is 4.90. The van der Waals surface area contributed by atoms with Gasteiger partial charge in [-0.05, 0) is 6.07 Å². The van der Waals surface area contributed by atoms with E-state index >= 15 is 0 Å².